The molecule has 19 heavy (non-hydrogen) atoms. The third-order valence-electron chi connectivity index (χ3n) is 2.31. The van der Waals surface area contributed by atoms with Crippen molar-refractivity contribution in [2.24, 2.45) is 5.73 Å². The quantitative estimate of drug-likeness (QED) is 0.654. The Morgan fingerprint density at radius 2 is 1.95 bits per heavy atom. The number of rotatable bonds is 7. The first kappa shape index (κ1) is 14.9. The van der Waals surface area contributed by atoms with Crippen molar-refractivity contribution in [1.29, 1.82) is 0 Å². The van der Waals surface area contributed by atoms with Crippen LogP contribution in [0.2, 0.25) is 0 Å². The number of carbonyl (C=O) groups excluding carboxylic acids is 1. The van der Waals surface area contributed by atoms with Gasteiger partial charge in [0.05, 0.1) is 6.61 Å². The van der Waals surface area contributed by atoms with Gasteiger partial charge in [-0.15, -0.1) is 0 Å². The van der Waals surface area contributed by atoms with E-state index in [4.69, 9.17) is 10.5 Å². The van der Waals surface area contributed by atoms with Gasteiger partial charge in [0, 0.05) is 7.05 Å². The molecule has 0 saturated carbocycles. The number of primary amides is 1. The van der Waals surface area contributed by atoms with Gasteiger partial charge in [0.1, 0.15) is 5.54 Å². The molecule has 1 amide bonds. The summed E-state index contributed by atoms with van der Waals surface area (Å²) in [5.74, 6) is 0.0769. The van der Waals surface area contributed by atoms with E-state index in [1.54, 1.807) is 20.9 Å². The Kier molecular flexibility index (Phi) is 4.85. The average Bonchev–Trinajstić information content (AvgIpc) is 2.35. The lowest BCUT2D eigenvalue weighted by molar-refractivity contribution is -0.121. The van der Waals surface area contributed by atoms with Crippen molar-refractivity contribution in [3.05, 3.63) is 0 Å². The molecule has 0 spiro atoms. The monoisotopic (exact) mass is 268 g/mol. The number of ether oxygens (including phenoxy) is 1. The van der Waals surface area contributed by atoms with Gasteiger partial charge >= 0.3 is 6.01 Å². The molecule has 1 rings (SSSR count). The smallest absolute Gasteiger partial charge is 0.323 e. The molecule has 0 aliphatic rings. The minimum absolute atomic E-state index is 0.198. The summed E-state index contributed by atoms with van der Waals surface area (Å²) in [5.41, 5.74) is 4.32. The van der Waals surface area contributed by atoms with Crippen LogP contribution in [0, 0.1) is 0 Å². The number of carbonyl (C=O) groups is 1. The summed E-state index contributed by atoms with van der Waals surface area (Å²) in [6.07, 6.45) is 0.843. The Balaban J connectivity index is 2.96. The molecule has 0 atom stereocenters. The second-order valence-electron chi connectivity index (χ2n) is 4.48. The molecule has 8 heteroatoms. The molecule has 0 bridgehead atoms. The van der Waals surface area contributed by atoms with Crippen LogP contribution in [-0.2, 0) is 4.79 Å². The van der Waals surface area contributed by atoms with Gasteiger partial charge in [0.25, 0.3) is 0 Å². The summed E-state index contributed by atoms with van der Waals surface area (Å²) in [6.45, 7) is 5.77. The molecule has 1 aromatic rings. The van der Waals surface area contributed by atoms with Crippen molar-refractivity contribution in [2.45, 2.75) is 32.7 Å². The van der Waals surface area contributed by atoms with Crippen molar-refractivity contribution in [3.63, 3.8) is 0 Å². The largest absolute Gasteiger partial charge is 0.463 e. The fourth-order valence-electron chi connectivity index (χ4n) is 1.12. The molecule has 0 radical (unpaired) electrons. The Morgan fingerprint density at radius 1 is 1.32 bits per heavy atom. The third kappa shape index (κ3) is 4.23. The van der Waals surface area contributed by atoms with Crippen LogP contribution in [0.5, 0.6) is 6.01 Å². The summed E-state index contributed by atoms with van der Waals surface area (Å²) < 4.78 is 5.35. The van der Waals surface area contributed by atoms with Crippen LogP contribution in [0.4, 0.5) is 11.9 Å². The molecular weight excluding hydrogens is 248 g/mol. The summed E-state index contributed by atoms with van der Waals surface area (Å²) in [4.78, 5) is 23.5. The van der Waals surface area contributed by atoms with Crippen LogP contribution >= 0.6 is 0 Å². The Morgan fingerprint density at radius 3 is 2.47 bits per heavy atom. The van der Waals surface area contributed by atoms with Crippen molar-refractivity contribution < 1.29 is 9.53 Å². The highest BCUT2D eigenvalue weighted by Crippen LogP contribution is 2.15. The molecule has 0 aliphatic heterocycles. The Labute approximate surface area is 112 Å². The van der Waals surface area contributed by atoms with Crippen LogP contribution in [-0.4, -0.2) is 40.1 Å². The number of hydrogen-bond donors (Lipinski definition) is 3. The molecule has 0 fully saturated rings. The van der Waals surface area contributed by atoms with Gasteiger partial charge < -0.3 is 21.1 Å². The SMILES string of the molecule is CCCOc1nc(NC)nc(NC(C)(C)C(N)=O)n1. The van der Waals surface area contributed by atoms with Crippen LogP contribution in [0.15, 0.2) is 0 Å². The molecule has 106 valence electrons. The van der Waals surface area contributed by atoms with Crippen molar-refractivity contribution in [1.82, 2.24) is 15.0 Å². The van der Waals surface area contributed by atoms with Gasteiger partial charge in [-0.3, -0.25) is 4.79 Å². The van der Waals surface area contributed by atoms with Gasteiger partial charge in [-0.1, -0.05) is 6.92 Å². The van der Waals surface area contributed by atoms with Gasteiger partial charge in [-0.05, 0) is 20.3 Å². The van der Waals surface area contributed by atoms with Crippen LogP contribution < -0.4 is 21.1 Å². The Bertz CT molecular complexity index is 449. The van der Waals surface area contributed by atoms with Gasteiger partial charge in [0.2, 0.25) is 17.8 Å². The fraction of sp³-hybridized carbons (Fsp3) is 0.636. The topological polar surface area (TPSA) is 115 Å². The fourth-order valence-corrected chi connectivity index (χ4v) is 1.12. The maximum Gasteiger partial charge on any atom is 0.323 e. The number of aromatic nitrogens is 3. The summed E-state index contributed by atoms with van der Waals surface area (Å²) in [7, 11) is 1.68. The number of amides is 1. The van der Waals surface area contributed by atoms with E-state index in [0.29, 0.717) is 12.6 Å². The van der Waals surface area contributed by atoms with E-state index in [1.165, 1.54) is 0 Å². The minimum Gasteiger partial charge on any atom is -0.463 e. The second-order valence-corrected chi connectivity index (χ2v) is 4.48. The summed E-state index contributed by atoms with van der Waals surface area (Å²) in [6, 6.07) is 0.198. The normalized spacial score (nSPS) is 10.9. The maximum absolute atomic E-state index is 11.3. The summed E-state index contributed by atoms with van der Waals surface area (Å²) >= 11 is 0. The minimum atomic E-state index is -0.964. The van der Waals surface area contributed by atoms with Crippen LogP contribution in [0.3, 0.4) is 0 Å². The predicted octanol–water partition coefficient (Wildman–Crippen LogP) is 0.378. The second kappa shape index (κ2) is 6.17. The van der Waals surface area contributed by atoms with Crippen molar-refractivity contribution >= 4 is 17.8 Å². The number of nitrogens with zero attached hydrogens (tertiary/aromatic N) is 3. The molecule has 0 aliphatic carbocycles. The maximum atomic E-state index is 11.3. The highest BCUT2D eigenvalue weighted by molar-refractivity contribution is 5.86. The lowest BCUT2D eigenvalue weighted by atomic mass is 10.1. The molecule has 8 nitrogen and oxygen atoms in total. The molecule has 0 saturated heterocycles. The van der Waals surface area contributed by atoms with E-state index < -0.39 is 11.4 Å². The average molecular weight is 268 g/mol. The van der Waals surface area contributed by atoms with E-state index >= 15 is 0 Å². The standard InChI is InChI=1S/C11H20N6O2/c1-5-6-19-10-15-8(13-4)14-9(16-10)17-11(2,3)7(12)18/h5-6H2,1-4H3,(H2,12,18)(H2,13,14,15,16,17). The predicted molar refractivity (Wildman–Crippen MR) is 72.1 cm³/mol. The highest BCUT2D eigenvalue weighted by atomic mass is 16.5. The van der Waals surface area contributed by atoms with Crippen molar-refractivity contribution in [2.75, 3.05) is 24.3 Å². The highest BCUT2D eigenvalue weighted by Gasteiger charge is 2.26. The van der Waals surface area contributed by atoms with Gasteiger partial charge in [0.15, 0.2) is 0 Å². The van der Waals surface area contributed by atoms with Crippen LogP contribution in [0.25, 0.3) is 0 Å². The zero-order chi connectivity index (χ0) is 14.5. The van der Waals surface area contributed by atoms with Crippen molar-refractivity contribution in [3.8, 4) is 6.01 Å². The van der Waals surface area contributed by atoms with E-state index in [0.717, 1.165) is 6.42 Å². The van der Waals surface area contributed by atoms with E-state index in [2.05, 4.69) is 25.6 Å². The first-order valence-electron chi connectivity index (χ1n) is 6.03. The van der Waals surface area contributed by atoms with Gasteiger partial charge in [-0.25, -0.2) is 0 Å². The molecular formula is C11H20N6O2. The first-order valence-corrected chi connectivity index (χ1v) is 6.03. The Hall–Kier alpha value is -2.12. The van der Waals surface area contributed by atoms with E-state index in [9.17, 15) is 4.79 Å². The number of hydrogen-bond acceptors (Lipinski definition) is 7. The zero-order valence-electron chi connectivity index (χ0n) is 11.6. The lowest BCUT2D eigenvalue weighted by Gasteiger charge is -2.22. The first-order chi connectivity index (χ1) is 8.89. The molecule has 1 aromatic heterocycles. The number of anilines is 2. The lowest BCUT2D eigenvalue weighted by Crippen LogP contribution is -2.45. The zero-order valence-corrected chi connectivity index (χ0v) is 11.6. The molecule has 0 aromatic carbocycles. The van der Waals surface area contributed by atoms with E-state index in [1.807, 2.05) is 6.92 Å². The molecule has 0 unspecified atom stereocenters. The molecule has 4 N–H and O–H groups in total. The summed E-state index contributed by atoms with van der Waals surface area (Å²) in [5, 5.41) is 5.65. The molecule has 1 heterocycles. The van der Waals surface area contributed by atoms with E-state index in [-0.39, 0.29) is 12.0 Å². The number of nitrogens with one attached hydrogen (secondary N) is 2. The van der Waals surface area contributed by atoms with Gasteiger partial charge in [-0.2, -0.15) is 15.0 Å². The number of nitrogens with two attached hydrogens (primary N) is 1. The van der Waals surface area contributed by atoms with Crippen LogP contribution in [0.1, 0.15) is 27.2 Å². The third-order valence-corrected chi connectivity index (χ3v) is 2.31.